The minimum absolute atomic E-state index is 0.0671. The molecule has 14 nitrogen and oxygen atoms in total. The Morgan fingerprint density at radius 3 is 2.20 bits per heavy atom. The first-order chi connectivity index (χ1) is 21.7. The number of rotatable bonds is 5. The summed E-state index contributed by atoms with van der Waals surface area (Å²) >= 11 is 0. The highest BCUT2D eigenvalue weighted by Crippen LogP contribution is 2.31. The van der Waals surface area contributed by atoms with E-state index in [9.17, 15) is 14.7 Å². The fraction of sp³-hybridized carbons (Fsp3) is 0.387. The van der Waals surface area contributed by atoms with Crippen LogP contribution in [-0.2, 0) is 9.47 Å². The molecule has 0 atom stereocenters. The van der Waals surface area contributed by atoms with Crippen molar-refractivity contribution in [3.05, 3.63) is 48.9 Å². The van der Waals surface area contributed by atoms with Crippen molar-refractivity contribution in [2.75, 3.05) is 67.7 Å². The number of morpholine rings is 2. The Morgan fingerprint density at radius 1 is 0.867 bits per heavy atom. The fourth-order valence-corrected chi connectivity index (χ4v) is 5.26. The molecule has 1 aromatic carbocycles. The van der Waals surface area contributed by atoms with Crippen molar-refractivity contribution < 1.29 is 24.2 Å². The summed E-state index contributed by atoms with van der Waals surface area (Å²) in [7, 11) is 0. The maximum Gasteiger partial charge on any atom is 0.414 e. The monoisotopic (exact) mass is 613 g/mol. The third-order valence-corrected chi connectivity index (χ3v) is 7.53. The van der Waals surface area contributed by atoms with E-state index in [0.29, 0.717) is 86.5 Å². The van der Waals surface area contributed by atoms with Gasteiger partial charge in [-0.2, -0.15) is 0 Å². The van der Waals surface area contributed by atoms with Crippen LogP contribution >= 0.6 is 0 Å². The first-order valence-electron chi connectivity index (χ1n) is 14.8. The third kappa shape index (κ3) is 6.61. The third-order valence-electron chi connectivity index (χ3n) is 7.53. The van der Waals surface area contributed by atoms with Crippen LogP contribution in [0.4, 0.5) is 27.0 Å². The number of aromatic nitrogens is 5. The zero-order valence-electron chi connectivity index (χ0n) is 25.4. The minimum Gasteiger partial charge on any atom is -0.465 e. The van der Waals surface area contributed by atoms with Gasteiger partial charge in [-0.3, -0.25) is 4.98 Å². The number of fused-ring (bicyclic) bond motifs is 1. The number of urea groups is 1. The number of ether oxygens (including phenoxy) is 2. The summed E-state index contributed by atoms with van der Waals surface area (Å²) in [5, 5.41) is 12.7. The number of pyridine rings is 1. The Morgan fingerprint density at radius 2 is 1.53 bits per heavy atom. The fourth-order valence-electron chi connectivity index (χ4n) is 5.26. The molecule has 2 aliphatic rings. The summed E-state index contributed by atoms with van der Waals surface area (Å²) in [5.74, 6) is 1.12. The number of amides is 3. The number of hydrogen-bond donors (Lipinski definition) is 2. The molecule has 2 aliphatic heterocycles. The standard InChI is InChI=1S/C31H35N9O5/c1-31(2,3)40(30(42)43)28-33-18-22(19-34-28)26-36-24-16-21(17-32-25(24)27(37-26)38-7-11-44-12-8-38)20-5-4-6-23(15-20)35-29(41)39-9-13-45-14-10-39/h4-6,15-19H,7-14H2,1-3H3,(H,35,41)(H,42,43). The van der Waals surface area contributed by atoms with Crippen LogP contribution in [0.1, 0.15) is 20.8 Å². The highest BCUT2D eigenvalue weighted by molar-refractivity contribution is 5.92. The van der Waals surface area contributed by atoms with E-state index in [1.54, 1.807) is 31.9 Å². The number of anilines is 3. The second-order valence-corrected chi connectivity index (χ2v) is 11.7. The summed E-state index contributed by atoms with van der Waals surface area (Å²) in [6.45, 7) is 9.91. The van der Waals surface area contributed by atoms with Crippen molar-refractivity contribution in [1.29, 1.82) is 0 Å². The Labute approximate surface area is 260 Å². The zero-order valence-corrected chi connectivity index (χ0v) is 25.4. The van der Waals surface area contributed by atoms with Gasteiger partial charge in [0.25, 0.3) is 0 Å². The van der Waals surface area contributed by atoms with Gasteiger partial charge in [0.1, 0.15) is 5.52 Å². The molecule has 0 unspecified atom stereocenters. The summed E-state index contributed by atoms with van der Waals surface area (Å²) in [5.41, 5.74) is 3.41. The molecule has 45 heavy (non-hydrogen) atoms. The first kappa shape index (κ1) is 30.1. The van der Waals surface area contributed by atoms with Crippen molar-refractivity contribution >= 4 is 40.6 Å². The molecule has 2 fully saturated rings. The molecule has 5 heterocycles. The molecule has 3 amide bonds. The molecule has 2 saturated heterocycles. The molecule has 0 radical (unpaired) electrons. The molecular formula is C31H35N9O5. The lowest BCUT2D eigenvalue weighted by Gasteiger charge is -2.31. The highest BCUT2D eigenvalue weighted by Gasteiger charge is 2.30. The average molecular weight is 614 g/mol. The predicted octanol–water partition coefficient (Wildman–Crippen LogP) is 4.13. The SMILES string of the molecule is CC(C)(C)N(C(=O)O)c1ncc(-c2nc(N3CCOCC3)c3ncc(-c4cccc(NC(=O)N5CCOCC5)c4)cc3n2)cn1. The molecule has 0 saturated carbocycles. The minimum atomic E-state index is -1.14. The van der Waals surface area contributed by atoms with Gasteiger partial charge in [-0.05, 0) is 44.5 Å². The quantitative estimate of drug-likeness (QED) is 0.333. The molecule has 234 valence electrons. The molecule has 0 bridgehead atoms. The normalized spacial score (nSPS) is 15.6. The Kier molecular flexibility index (Phi) is 8.41. The second kappa shape index (κ2) is 12.6. The van der Waals surface area contributed by atoms with Gasteiger partial charge < -0.3 is 29.7 Å². The lowest BCUT2D eigenvalue weighted by Crippen LogP contribution is -2.46. The lowest BCUT2D eigenvalue weighted by atomic mass is 10.1. The molecule has 4 aromatic rings. The predicted molar refractivity (Wildman–Crippen MR) is 168 cm³/mol. The van der Waals surface area contributed by atoms with Crippen LogP contribution in [0.3, 0.4) is 0 Å². The topological polar surface area (TPSA) is 159 Å². The van der Waals surface area contributed by atoms with Gasteiger partial charge in [0.05, 0.1) is 37.5 Å². The second-order valence-electron chi connectivity index (χ2n) is 11.7. The largest absolute Gasteiger partial charge is 0.465 e. The van der Waals surface area contributed by atoms with Crippen molar-refractivity contribution in [1.82, 2.24) is 29.8 Å². The van der Waals surface area contributed by atoms with Gasteiger partial charge in [-0.15, -0.1) is 0 Å². The van der Waals surface area contributed by atoms with Crippen molar-refractivity contribution in [3.8, 4) is 22.5 Å². The van der Waals surface area contributed by atoms with E-state index in [0.717, 1.165) is 16.0 Å². The van der Waals surface area contributed by atoms with E-state index in [4.69, 9.17) is 24.4 Å². The van der Waals surface area contributed by atoms with E-state index < -0.39 is 11.6 Å². The van der Waals surface area contributed by atoms with E-state index in [2.05, 4.69) is 20.2 Å². The molecule has 14 heteroatoms. The van der Waals surface area contributed by atoms with Gasteiger partial charge in [0, 0.05) is 61.6 Å². The molecule has 0 spiro atoms. The lowest BCUT2D eigenvalue weighted by molar-refractivity contribution is 0.0564. The van der Waals surface area contributed by atoms with Crippen LogP contribution in [0.25, 0.3) is 33.5 Å². The Hall–Kier alpha value is -4.95. The smallest absolute Gasteiger partial charge is 0.414 e. The van der Waals surface area contributed by atoms with Crippen molar-refractivity contribution in [2.24, 2.45) is 0 Å². The van der Waals surface area contributed by atoms with Crippen LogP contribution in [0.2, 0.25) is 0 Å². The number of carbonyl (C=O) groups is 2. The van der Waals surface area contributed by atoms with E-state index in [1.807, 2.05) is 30.3 Å². The van der Waals surface area contributed by atoms with E-state index in [-0.39, 0.29) is 12.0 Å². The number of carbonyl (C=O) groups excluding carboxylic acids is 1. The number of carboxylic acid groups (broad SMARTS) is 1. The maximum absolute atomic E-state index is 12.8. The van der Waals surface area contributed by atoms with Gasteiger partial charge in [-0.1, -0.05) is 12.1 Å². The molecule has 2 N–H and O–H groups in total. The van der Waals surface area contributed by atoms with Gasteiger partial charge in [0.15, 0.2) is 11.6 Å². The van der Waals surface area contributed by atoms with Crippen LogP contribution in [0.15, 0.2) is 48.9 Å². The number of nitrogens with zero attached hydrogens (tertiary/aromatic N) is 8. The highest BCUT2D eigenvalue weighted by atomic mass is 16.5. The number of nitrogens with one attached hydrogen (secondary N) is 1. The molecule has 0 aliphatic carbocycles. The Bertz CT molecular complexity index is 1700. The summed E-state index contributed by atoms with van der Waals surface area (Å²) in [6, 6.07) is 9.37. The van der Waals surface area contributed by atoms with Gasteiger partial charge in [-0.25, -0.2) is 34.4 Å². The number of benzene rings is 1. The van der Waals surface area contributed by atoms with Gasteiger partial charge >= 0.3 is 12.1 Å². The van der Waals surface area contributed by atoms with Gasteiger partial charge in [0.2, 0.25) is 5.95 Å². The maximum atomic E-state index is 12.8. The summed E-state index contributed by atoms with van der Waals surface area (Å²) < 4.78 is 10.9. The average Bonchev–Trinajstić information content (AvgIpc) is 3.04. The van der Waals surface area contributed by atoms with Crippen LogP contribution < -0.4 is 15.1 Å². The van der Waals surface area contributed by atoms with Crippen molar-refractivity contribution in [2.45, 2.75) is 26.3 Å². The van der Waals surface area contributed by atoms with Crippen LogP contribution in [-0.4, -0.2) is 105 Å². The molecular weight excluding hydrogens is 578 g/mol. The Balaban J connectivity index is 1.36. The zero-order chi connectivity index (χ0) is 31.6. The van der Waals surface area contributed by atoms with Crippen LogP contribution in [0, 0.1) is 0 Å². The van der Waals surface area contributed by atoms with E-state index >= 15 is 0 Å². The molecule has 3 aromatic heterocycles. The summed E-state index contributed by atoms with van der Waals surface area (Å²) in [6.07, 6.45) is 3.71. The van der Waals surface area contributed by atoms with E-state index in [1.165, 1.54) is 12.4 Å². The van der Waals surface area contributed by atoms with Crippen LogP contribution in [0.5, 0.6) is 0 Å². The summed E-state index contributed by atoms with van der Waals surface area (Å²) in [4.78, 5) is 52.9. The van der Waals surface area contributed by atoms with Crippen molar-refractivity contribution in [3.63, 3.8) is 0 Å². The first-order valence-corrected chi connectivity index (χ1v) is 14.8. The number of hydrogen-bond acceptors (Lipinski definition) is 10. The molecule has 6 rings (SSSR count).